The highest BCUT2D eigenvalue weighted by Crippen LogP contribution is 2.27. The fourth-order valence-corrected chi connectivity index (χ4v) is 4.66. The van der Waals surface area contributed by atoms with E-state index in [1.807, 2.05) is 30.3 Å². The zero-order chi connectivity index (χ0) is 24.1. The Morgan fingerprint density at radius 2 is 2.03 bits per heavy atom. The summed E-state index contributed by atoms with van der Waals surface area (Å²) in [4.78, 5) is 33.0. The van der Waals surface area contributed by atoms with E-state index in [0.717, 1.165) is 0 Å². The Balaban J connectivity index is 1.71. The number of thioether (sulfide) groups is 1. The number of para-hydroxylation sites is 1. The van der Waals surface area contributed by atoms with E-state index in [9.17, 15) is 9.59 Å². The van der Waals surface area contributed by atoms with E-state index in [0.29, 0.717) is 32.5 Å². The third-order valence-electron chi connectivity index (χ3n) is 5.19. The summed E-state index contributed by atoms with van der Waals surface area (Å²) in [6.45, 7) is 2.21. The van der Waals surface area contributed by atoms with Gasteiger partial charge in [0.15, 0.2) is 5.16 Å². The van der Waals surface area contributed by atoms with Crippen molar-refractivity contribution in [2.45, 2.75) is 30.3 Å². The fraction of sp³-hybridized carbons (Fsp3) is 0.200. The van der Waals surface area contributed by atoms with Crippen LogP contribution in [-0.2, 0) is 11.3 Å². The Morgan fingerprint density at radius 1 is 1.24 bits per heavy atom. The van der Waals surface area contributed by atoms with Crippen LogP contribution in [0, 0.1) is 11.3 Å². The van der Waals surface area contributed by atoms with Crippen molar-refractivity contribution in [3.8, 4) is 6.07 Å². The molecule has 1 amide bonds. The molecule has 4 aromatic rings. The molecular weight excluding hydrogens is 472 g/mol. The van der Waals surface area contributed by atoms with Crippen molar-refractivity contribution in [1.82, 2.24) is 9.55 Å². The molecule has 0 fully saturated rings. The minimum atomic E-state index is -0.578. The maximum atomic E-state index is 13.4. The number of aromatic nitrogens is 2. The van der Waals surface area contributed by atoms with Crippen molar-refractivity contribution in [1.29, 1.82) is 5.26 Å². The second kappa shape index (κ2) is 10.6. The van der Waals surface area contributed by atoms with Gasteiger partial charge in [0.05, 0.1) is 41.5 Å². The molecule has 1 unspecified atom stereocenters. The molecule has 2 aromatic heterocycles. The van der Waals surface area contributed by atoms with E-state index in [1.165, 1.54) is 16.3 Å². The van der Waals surface area contributed by atoms with E-state index in [-0.39, 0.29) is 31.0 Å². The van der Waals surface area contributed by atoms with Gasteiger partial charge in [-0.15, -0.1) is 0 Å². The van der Waals surface area contributed by atoms with Crippen molar-refractivity contribution in [3.63, 3.8) is 0 Å². The Labute approximate surface area is 205 Å². The normalized spacial score (nSPS) is 11.8. The van der Waals surface area contributed by atoms with Crippen LogP contribution in [0.15, 0.2) is 81.3 Å². The van der Waals surface area contributed by atoms with Crippen LogP contribution in [0.25, 0.3) is 10.9 Å². The molecule has 0 saturated carbocycles. The minimum absolute atomic E-state index is 0.178. The first-order chi connectivity index (χ1) is 16.5. The summed E-state index contributed by atoms with van der Waals surface area (Å²) >= 11 is 7.32. The molecule has 0 radical (unpaired) electrons. The Morgan fingerprint density at radius 3 is 2.74 bits per heavy atom. The number of carbonyl (C=O) groups excluding carboxylic acids is 1. The zero-order valence-corrected chi connectivity index (χ0v) is 19.9. The van der Waals surface area contributed by atoms with Crippen LogP contribution < -0.4 is 10.5 Å². The van der Waals surface area contributed by atoms with Crippen molar-refractivity contribution in [2.75, 3.05) is 11.4 Å². The summed E-state index contributed by atoms with van der Waals surface area (Å²) in [5.41, 5.74) is 0.922. The Kier molecular flexibility index (Phi) is 7.36. The quantitative estimate of drug-likeness (QED) is 0.250. The van der Waals surface area contributed by atoms with Crippen LogP contribution in [0.3, 0.4) is 0 Å². The van der Waals surface area contributed by atoms with E-state index in [2.05, 4.69) is 11.1 Å². The molecule has 0 N–H and O–H groups in total. The molecule has 34 heavy (non-hydrogen) atoms. The molecule has 0 spiro atoms. The first kappa shape index (κ1) is 23.6. The Bertz CT molecular complexity index is 1400. The number of carbonyl (C=O) groups is 1. The number of fused-ring (bicyclic) bond motifs is 1. The minimum Gasteiger partial charge on any atom is -0.467 e. The molecule has 0 aliphatic rings. The van der Waals surface area contributed by atoms with Gasteiger partial charge in [0, 0.05) is 17.3 Å². The molecule has 0 saturated heterocycles. The number of halogens is 1. The topological polar surface area (TPSA) is 92.1 Å². The summed E-state index contributed by atoms with van der Waals surface area (Å²) in [5.74, 6) is 0.411. The largest absolute Gasteiger partial charge is 0.467 e. The smallest absolute Gasteiger partial charge is 0.262 e. The second-order valence-electron chi connectivity index (χ2n) is 7.52. The SMILES string of the molecule is CC(Sc1nc2cc(Cl)ccc2c(=O)n1Cc1ccco1)C(=O)N(CCC#N)c1ccccc1. The highest BCUT2D eigenvalue weighted by Gasteiger charge is 2.25. The maximum absolute atomic E-state index is 13.4. The van der Waals surface area contributed by atoms with Gasteiger partial charge in [-0.2, -0.15) is 5.26 Å². The number of furan rings is 1. The average Bonchev–Trinajstić information content (AvgIpc) is 3.35. The zero-order valence-electron chi connectivity index (χ0n) is 18.3. The van der Waals surface area contributed by atoms with Crippen LogP contribution in [0.4, 0.5) is 5.69 Å². The lowest BCUT2D eigenvalue weighted by Crippen LogP contribution is -2.37. The number of hydrogen-bond acceptors (Lipinski definition) is 6. The molecule has 0 bridgehead atoms. The fourth-order valence-electron chi connectivity index (χ4n) is 3.53. The van der Waals surface area contributed by atoms with E-state index in [1.54, 1.807) is 48.4 Å². The van der Waals surface area contributed by atoms with Crippen LogP contribution >= 0.6 is 23.4 Å². The standard InChI is InChI=1S/C25H21ClN4O3S/c1-17(23(31)29(13-6-12-27)19-7-3-2-4-8-19)34-25-28-22-15-18(26)10-11-21(22)24(32)30(25)16-20-9-5-14-33-20/h2-5,7-11,14-15,17H,6,13,16H2,1H3. The molecule has 172 valence electrons. The van der Waals surface area contributed by atoms with Crippen LogP contribution in [0.5, 0.6) is 0 Å². The van der Waals surface area contributed by atoms with E-state index in [4.69, 9.17) is 21.3 Å². The molecule has 0 aliphatic heterocycles. The first-order valence-corrected chi connectivity index (χ1v) is 11.9. The highest BCUT2D eigenvalue weighted by atomic mass is 35.5. The molecule has 1 atom stereocenters. The number of benzene rings is 2. The predicted molar refractivity (Wildman–Crippen MR) is 133 cm³/mol. The van der Waals surface area contributed by atoms with Gasteiger partial charge in [-0.1, -0.05) is 41.6 Å². The van der Waals surface area contributed by atoms with E-state index >= 15 is 0 Å². The van der Waals surface area contributed by atoms with E-state index < -0.39 is 5.25 Å². The van der Waals surface area contributed by atoms with Crippen molar-refractivity contribution < 1.29 is 9.21 Å². The van der Waals surface area contributed by atoms with Crippen molar-refractivity contribution in [3.05, 3.63) is 88.1 Å². The maximum Gasteiger partial charge on any atom is 0.262 e. The lowest BCUT2D eigenvalue weighted by molar-refractivity contribution is -0.117. The van der Waals surface area contributed by atoms with Crippen molar-refractivity contribution in [2.24, 2.45) is 0 Å². The average molecular weight is 493 g/mol. The summed E-state index contributed by atoms with van der Waals surface area (Å²) in [7, 11) is 0. The predicted octanol–water partition coefficient (Wildman–Crippen LogP) is 5.12. The van der Waals surface area contributed by atoms with Gasteiger partial charge in [0.1, 0.15) is 5.76 Å². The number of nitrogens with zero attached hydrogens (tertiary/aromatic N) is 4. The third-order valence-corrected chi connectivity index (χ3v) is 6.50. The van der Waals surface area contributed by atoms with Crippen molar-refractivity contribution >= 4 is 45.9 Å². The number of rotatable bonds is 8. The van der Waals surface area contributed by atoms with Gasteiger partial charge in [-0.25, -0.2) is 4.98 Å². The second-order valence-corrected chi connectivity index (χ2v) is 9.26. The van der Waals surface area contributed by atoms with Crippen LogP contribution in [0.1, 0.15) is 19.1 Å². The van der Waals surface area contributed by atoms with Gasteiger partial charge in [-0.05, 0) is 49.4 Å². The number of anilines is 1. The monoisotopic (exact) mass is 492 g/mol. The van der Waals surface area contributed by atoms with Gasteiger partial charge in [-0.3, -0.25) is 14.2 Å². The van der Waals surface area contributed by atoms with Gasteiger partial charge in [0.2, 0.25) is 5.91 Å². The lowest BCUT2D eigenvalue weighted by Gasteiger charge is -2.25. The van der Waals surface area contributed by atoms with Crippen LogP contribution in [-0.4, -0.2) is 27.3 Å². The summed E-state index contributed by atoms with van der Waals surface area (Å²) < 4.78 is 6.95. The molecule has 4 rings (SSSR count). The van der Waals surface area contributed by atoms with Gasteiger partial charge < -0.3 is 9.32 Å². The van der Waals surface area contributed by atoms with Crippen LogP contribution in [0.2, 0.25) is 5.02 Å². The van der Waals surface area contributed by atoms with Gasteiger partial charge >= 0.3 is 0 Å². The number of hydrogen-bond donors (Lipinski definition) is 0. The summed E-state index contributed by atoms with van der Waals surface area (Å²) in [6, 6.07) is 19.8. The number of amides is 1. The number of nitriles is 1. The third kappa shape index (κ3) is 5.16. The van der Waals surface area contributed by atoms with Gasteiger partial charge in [0.25, 0.3) is 5.56 Å². The summed E-state index contributed by atoms with van der Waals surface area (Å²) in [6.07, 6.45) is 1.74. The first-order valence-electron chi connectivity index (χ1n) is 10.6. The molecule has 7 nitrogen and oxygen atoms in total. The highest BCUT2D eigenvalue weighted by molar-refractivity contribution is 8.00. The molecule has 0 aliphatic carbocycles. The molecule has 9 heteroatoms. The lowest BCUT2D eigenvalue weighted by atomic mass is 10.2. The molecule has 2 heterocycles. The molecule has 2 aromatic carbocycles. The Hall–Kier alpha value is -3.54. The summed E-state index contributed by atoms with van der Waals surface area (Å²) in [5, 5.41) is 9.77. The molecular formula is C25H21ClN4O3S.